The molecule has 0 amide bonds. The van der Waals surface area contributed by atoms with Crippen LogP contribution in [0.1, 0.15) is 44.8 Å². The SMILES string of the molecule is CCC(CC)n1ccc(CC(=O)C2C=CC(N)C2)n1. The topological polar surface area (TPSA) is 60.9 Å². The fourth-order valence-corrected chi connectivity index (χ4v) is 2.61. The Morgan fingerprint density at radius 1 is 1.47 bits per heavy atom. The molecule has 104 valence electrons. The molecule has 1 aromatic rings. The first-order chi connectivity index (χ1) is 9.13. The third kappa shape index (κ3) is 3.32. The van der Waals surface area contributed by atoms with Crippen LogP contribution >= 0.6 is 0 Å². The average Bonchev–Trinajstić information content (AvgIpc) is 3.00. The summed E-state index contributed by atoms with van der Waals surface area (Å²) in [5, 5.41) is 4.52. The van der Waals surface area contributed by atoms with Crippen LogP contribution < -0.4 is 5.73 Å². The summed E-state index contributed by atoms with van der Waals surface area (Å²) in [5.41, 5.74) is 6.64. The van der Waals surface area contributed by atoms with Gasteiger partial charge >= 0.3 is 0 Å². The largest absolute Gasteiger partial charge is 0.324 e. The van der Waals surface area contributed by atoms with E-state index in [2.05, 4.69) is 18.9 Å². The molecule has 19 heavy (non-hydrogen) atoms. The molecule has 2 N–H and O–H groups in total. The van der Waals surface area contributed by atoms with E-state index in [1.807, 2.05) is 29.1 Å². The average molecular weight is 261 g/mol. The molecule has 1 aliphatic carbocycles. The van der Waals surface area contributed by atoms with Gasteiger partial charge in [0, 0.05) is 18.2 Å². The lowest BCUT2D eigenvalue weighted by Crippen LogP contribution is -2.20. The highest BCUT2D eigenvalue weighted by molar-refractivity contribution is 5.85. The minimum absolute atomic E-state index is 0.0201. The fraction of sp³-hybridized carbons (Fsp3) is 0.600. The van der Waals surface area contributed by atoms with Crippen molar-refractivity contribution in [2.24, 2.45) is 11.7 Å². The van der Waals surface area contributed by atoms with Gasteiger partial charge in [-0.3, -0.25) is 9.48 Å². The molecule has 4 heteroatoms. The Kier molecular flexibility index (Phi) is 4.53. The predicted octanol–water partition coefficient (Wildman–Crippen LogP) is 2.26. The first kappa shape index (κ1) is 14.0. The zero-order valence-corrected chi connectivity index (χ0v) is 11.7. The normalized spacial score (nSPS) is 22.3. The maximum atomic E-state index is 12.1. The number of aromatic nitrogens is 2. The van der Waals surface area contributed by atoms with Crippen LogP contribution in [0.3, 0.4) is 0 Å². The lowest BCUT2D eigenvalue weighted by molar-refractivity contribution is -0.120. The highest BCUT2D eigenvalue weighted by atomic mass is 16.1. The van der Waals surface area contributed by atoms with Gasteiger partial charge in [0.2, 0.25) is 0 Å². The summed E-state index contributed by atoms with van der Waals surface area (Å²) in [5.74, 6) is 0.201. The van der Waals surface area contributed by atoms with Gasteiger partial charge in [0.15, 0.2) is 0 Å². The summed E-state index contributed by atoms with van der Waals surface area (Å²) in [4.78, 5) is 12.1. The smallest absolute Gasteiger partial charge is 0.145 e. The summed E-state index contributed by atoms with van der Waals surface area (Å²) in [6.45, 7) is 4.32. The number of Topliss-reactive ketones (excluding diaryl/α,β-unsaturated/α-hetero) is 1. The number of ketones is 1. The molecule has 2 rings (SSSR count). The Bertz CT molecular complexity index is 460. The van der Waals surface area contributed by atoms with Gasteiger partial charge in [-0.2, -0.15) is 5.10 Å². The summed E-state index contributed by atoms with van der Waals surface area (Å²) in [6.07, 6.45) is 9.12. The molecule has 0 bridgehead atoms. The first-order valence-electron chi connectivity index (χ1n) is 7.14. The number of hydrogen-bond acceptors (Lipinski definition) is 3. The maximum Gasteiger partial charge on any atom is 0.145 e. The van der Waals surface area contributed by atoms with Crippen molar-refractivity contribution in [3.8, 4) is 0 Å². The van der Waals surface area contributed by atoms with Gasteiger partial charge < -0.3 is 5.73 Å². The fourth-order valence-electron chi connectivity index (χ4n) is 2.61. The van der Waals surface area contributed by atoms with Gasteiger partial charge in [-0.25, -0.2) is 0 Å². The van der Waals surface area contributed by atoms with Gasteiger partial charge in [0.25, 0.3) is 0 Å². The van der Waals surface area contributed by atoms with Crippen molar-refractivity contribution in [2.45, 2.75) is 51.6 Å². The highest BCUT2D eigenvalue weighted by Gasteiger charge is 2.23. The van der Waals surface area contributed by atoms with E-state index < -0.39 is 0 Å². The number of nitrogens with two attached hydrogens (primary N) is 1. The Morgan fingerprint density at radius 2 is 2.21 bits per heavy atom. The molecule has 0 fully saturated rings. The first-order valence-corrected chi connectivity index (χ1v) is 7.14. The van der Waals surface area contributed by atoms with Crippen LogP contribution in [0.5, 0.6) is 0 Å². The second-order valence-electron chi connectivity index (χ2n) is 5.29. The van der Waals surface area contributed by atoms with Crippen LogP contribution in [0.4, 0.5) is 0 Å². The molecule has 0 aliphatic heterocycles. The molecule has 0 aromatic carbocycles. The van der Waals surface area contributed by atoms with Crippen molar-refractivity contribution in [3.63, 3.8) is 0 Å². The van der Waals surface area contributed by atoms with Gasteiger partial charge in [-0.15, -0.1) is 0 Å². The van der Waals surface area contributed by atoms with E-state index in [1.54, 1.807) is 0 Å². The molecule has 0 spiro atoms. The van der Waals surface area contributed by atoms with E-state index >= 15 is 0 Å². The third-order valence-electron chi connectivity index (χ3n) is 3.87. The molecule has 0 saturated heterocycles. The van der Waals surface area contributed by atoms with Crippen LogP contribution in [0.2, 0.25) is 0 Å². The highest BCUT2D eigenvalue weighted by Crippen LogP contribution is 2.20. The van der Waals surface area contributed by atoms with E-state index in [-0.39, 0.29) is 17.7 Å². The summed E-state index contributed by atoms with van der Waals surface area (Å²) >= 11 is 0. The van der Waals surface area contributed by atoms with Crippen LogP contribution in [0.15, 0.2) is 24.4 Å². The van der Waals surface area contributed by atoms with Crippen LogP contribution in [-0.2, 0) is 11.2 Å². The minimum atomic E-state index is -0.0201. The van der Waals surface area contributed by atoms with E-state index in [1.165, 1.54) is 0 Å². The Labute approximate surface area is 114 Å². The molecule has 1 aromatic heterocycles. The quantitative estimate of drug-likeness (QED) is 0.799. The number of nitrogens with zero attached hydrogens (tertiary/aromatic N) is 2. The minimum Gasteiger partial charge on any atom is -0.324 e. The number of carbonyl (C=O) groups is 1. The van der Waals surface area contributed by atoms with Crippen molar-refractivity contribution in [1.82, 2.24) is 9.78 Å². The Hall–Kier alpha value is -1.42. The second-order valence-corrected chi connectivity index (χ2v) is 5.29. The van der Waals surface area contributed by atoms with Crippen molar-refractivity contribution < 1.29 is 4.79 Å². The molecule has 2 unspecified atom stereocenters. The molecule has 0 saturated carbocycles. The summed E-state index contributed by atoms with van der Waals surface area (Å²) in [7, 11) is 0. The number of hydrogen-bond donors (Lipinski definition) is 1. The zero-order chi connectivity index (χ0) is 13.8. The Morgan fingerprint density at radius 3 is 2.79 bits per heavy atom. The third-order valence-corrected chi connectivity index (χ3v) is 3.87. The van der Waals surface area contributed by atoms with Crippen LogP contribution in [0.25, 0.3) is 0 Å². The van der Waals surface area contributed by atoms with Crippen molar-refractivity contribution in [1.29, 1.82) is 0 Å². The molecular weight excluding hydrogens is 238 g/mol. The lowest BCUT2D eigenvalue weighted by Gasteiger charge is -2.12. The van der Waals surface area contributed by atoms with E-state index in [0.717, 1.165) is 25.0 Å². The van der Waals surface area contributed by atoms with Gasteiger partial charge in [-0.1, -0.05) is 26.0 Å². The van der Waals surface area contributed by atoms with E-state index in [4.69, 9.17) is 5.73 Å². The second kappa shape index (κ2) is 6.15. The van der Waals surface area contributed by atoms with Crippen LogP contribution in [-0.4, -0.2) is 21.6 Å². The van der Waals surface area contributed by atoms with E-state index in [0.29, 0.717) is 12.5 Å². The predicted molar refractivity (Wildman–Crippen MR) is 75.8 cm³/mol. The van der Waals surface area contributed by atoms with Gasteiger partial charge in [0.05, 0.1) is 18.2 Å². The molecular formula is C15H23N3O. The standard InChI is InChI=1S/C15H23N3O/c1-3-14(4-2)18-8-7-13(17-18)10-15(19)11-5-6-12(16)9-11/h5-8,11-12,14H,3-4,9-10,16H2,1-2H3. The van der Waals surface area contributed by atoms with Gasteiger partial charge in [0.1, 0.15) is 5.78 Å². The maximum absolute atomic E-state index is 12.1. The lowest BCUT2D eigenvalue weighted by atomic mass is 9.99. The van der Waals surface area contributed by atoms with Gasteiger partial charge in [-0.05, 0) is 25.3 Å². The van der Waals surface area contributed by atoms with Crippen molar-refractivity contribution in [3.05, 3.63) is 30.1 Å². The van der Waals surface area contributed by atoms with Crippen LogP contribution in [0, 0.1) is 5.92 Å². The molecule has 4 nitrogen and oxygen atoms in total. The number of allylic oxidation sites excluding steroid dienone is 1. The van der Waals surface area contributed by atoms with E-state index in [9.17, 15) is 4.79 Å². The number of rotatable bonds is 6. The molecule has 0 radical (unpaired) electrons. The van der Waals surface area contributed by atoms with Crippen molar-refractivity contribution in [2.75, 3.05) is 0 Å². The Balaban J connectivity index is 1.96. The van der Waals surface area contributed by atoms with Crippen molar-refractivity contribution >= 4 is 5.78 Å². The summed E-state index contributed by atoms with van der Waals surface area (Å²) < 4.78 is 1.98. The molecule has 2 atom stereocenters. The monoisotopic (exact) mass is 261 g/mol. The molecule has 1 heterocycles. The zero-order valence-electron chi connectivity index (χ0n) is 11.7. The molecule has 1 aliphatic rings. The summed E-state index contributed by atoms with van der Waals surface area (Å²) in [6, 6.07) is 2.43. The number of carbonyl (C=O) groups excluding carboxylic acids is 1.